The Morgan fingerprint density at radius 3 is 2.63 bits per heavy atom. The molecule has 2 heterocycles. The third kappa shape index (κ3) is 3.86. The normalized spacial score (nSPS) is 12.8. The first-order valence-electron chi connectivity index (χ1n) is 6.67. The van der Waals surface area contributed by atoms with Gasteiger partial charge in [-0.1, -0.05) is 13.8 Å². The summed E-state index contributed by atoms with van der Waals surface area (Å²) < 4.78 is 1.97. The van der Waals surface area contributed by atoms with Crippen molar-refractivity contribution in [3.8, 4) is 0 Å². The molecule has 2 aromatic heterocycles. The molecule has 1 N–H and O–H groups in total. The van der Waals surface area contributed by atoms with E-state index in [4.69, 9.17) is 0 Å². The number of hydrogen-bond acceptors (Lipinski definition) is 4. The first-order chi connectivity index (χ1) is 9.16. The van der Waals surface area contributed by atoms with Gasteiger partial charge in [0.05, 0.1) is 6.54 Å². The minimum atomic E-state index is 0.271. The molecule has 0 bridgehead atoms. The van der Waals surface area contributed by atoms with E-state index in [2.05, 4.69) is 41.2 Å². The first kappa shape index (κ1) is 13.7. The standard InChI is InChI=1S/C14H21N5/c1-11(2)9-19-14(17-10-18-19)8-16-12(3)13-4-6-15-7-5-13/h4-7,10-12,16H,8-9H2,1-3H3/t12-/m0/s1. The van der Waals surface area contributed by atoms with E-state index in [1.165, 1.54) is 5.56 Å². The van der Waals surface area contributed by atoms with Gasteiger partial charge in [0.1, 0.15) is 12.2 Å². The average molecular weight is 259 g/mol. The molecule has 0 amide bonds. The van der Waals surface area contributed by atoms with Crippen LogP contribution in [0.5, 0.6) is 0 Å². The highest BCUT2D eigenvalue weighted by molar-refractivity contribution is 5.13. The second kappa shape index (κ2) is 6.43. The highest BCUT2D eigenvalue weighted by Gasteiger charge is 2.09. The molecule has 5 heteroatoms. The first-order valence-corrected chi connectivity index (χ1v) is 6.67. The lowest BCUT2D eigenvalue weighted by Crippen LogP contribution is -2.22. The smallest absolute Gasteiger partial charge is 0.140 e. The highest BCUT2D eigenvalue weighted by atomic mass is 15.3. The summed E-state index contributed by atoms with van der Waals surface area (Å²) in [5.41, 5.74) is 1.23. The summed E-state index contributed by atoms with van der Waals surface area (Å²) >= 11 is 0. The predicted molar refractivity (Wildman–Crippen MR) is 74.4 cm³/mol. The van der Waals surface area contributed by atoms with Crippen LogP contribution in [0.1, 0.15) is 38.2 Å². The van der Waals surface area contributed by atoms with Crippen LogP contribution < -0.4 is 5.32 Å². The van der Waals surface area contributed by atoms with Crippen molar-refractivity contribution in [2.24, 2.45) is 5.92 Å². The van der Waals surface area contributed by atoms with Gasteiger partial charge in [-0.25, -0.2) is 9.67 Å². The molecule has 5 nitrogen and oxygen atoms in total. The van der Waals surface area contributed by atoms with Crippen LogP contribution in [0.3, 0.4) is 0 Å². The van der Waals surface area contributed by atoms with E-state index in [1.807, 2.05) is 29.2 Å². The van der Waals surface area contributed by atoms with Crippen molar-refractivity contribution in [1.82, 2.24) is 25.1 Å². The predicted octanol–water partition coefficient (Wildman–Crippen LogP) is 2.18. The maximum Gasteiger partial charge on any atom is 0.140 e. The van der Waals surface area contributed by atoms with Crippen LogP contribution in [0, 0.1) is 5.92 Å². The third-order valence-corrected chi connectivity index (χ3v) is 3.01. The molecule has 0 fully saturated rings. The molecule has 2 rings (SSSR count). The van der Waals surface area contributed by atoms with Crippen LogP contribution >= 0.6 is 0 Å². The number of nitrogens with one attached hydrogen (secondary N) is 1. The molecular weight excluding hydrogens is 238 g/mol. The maximum absolute atomic E-state index is 4.31. The van der Waals surface area contributed by atoms with Crippen molar-refractivity contribution in [3.63, 3.8) is 0 Å². The lowest BCUT2D eigenvalue weighted by molar-refractivity contribution is 0.449. The summed E-state index contributed by atoms with van der Waals surface area (Å²) in [6.45, 7) is 8.12. The minimum Gasteiger partial charge on any atom is -0.303 e. The molecule has 0 aromatic carbocycles. The summed E-state index contributed by atoms with van der Waals surface area (Å²) in [6.07, 6.45) is 5.25. The average Bonchev–Trinajstić information content (AvgIpc) is 2.83. The van der Waals surface area contributed by atoms with Crippen molar-refractivity contribution >= 4 is 0 Å². The van der Waals surface area contributed by atoms with Crippen LogP contribution in [-0.2, 0) is 13.1 Å². The Labute approximate surface area is 114 Å². The highest BCUT2D eigenvalue weighted by Crippen LogP contribution is 2.11. The summed E-state index contributed by atoms with van der Waals surface area (Å²) in [6, 6.07) is 4.32. The second-order valence-corrected chi connectivity index (χ2v) is 5.14. The summed E-state index contributed by atoms with van der Waals surface area (Å²) in [7, 11) is 0. The molecule has 0 aliphatic rings. The molecule has 1 atom stereocenters. The van der Waals surface area contributed by atoms with Crippen molar-refractivity contribution < 1.29 is 0 Å². The van der Waals surface area contributed by atoms with Gasteiger partial charge in [0, 0.05) is 25.0 Å². The van der Waals surface area contributed by atoms with Gasteiger partial charge in [0.2, 0.25) is 0 Å². The van der Waals surface area contributed by atoms with E-state index >= 15 is 0 Å². The maximum atomic E-state index is 4.31. The van der Waals surface area contributed by atoms with Gasteiger partial charge in [-0.3, -0.25) is 4.98 Å². The molecule has 0 aliphatic heterocycles. The van der Waals surface area contributed by atoms with Crippen molar-refractivity contribution in [1.29, 1.82) is 0 Å². The van der Waals surface area contributed by atoms with Gasteiger partial charge in [0.25, 0.3) is 0 Å². The Bertz CT molecular complexity index is 492. The molecule has 0 radical (unpaired) electrons. The number of pyridine rings is 1. The van der Waals surface area contributed by atoms with E-state index in [-0.39, 0.29) is 6.04 Å². The lowest BCUT2D eigenvalue weighted by atomic mass is 10.1. The van der Waals surface area contributed by atoms with Crippen molar-refractivity contribution in [3.05, 3.63) is 42.2 Å². The Balaban J connectivity index is 1.94. The topological polar surface area (TPSA) is 55.6 Å². The van der Waals surface area contributed by atoms with E-state index in [0.717, 1.165) is 18.9 Å². The molecule has 2 aromatic rings. The van der Waals surface area contributed by atoms with Gasteiger partial charge in [-0.15, -0.1) is 0 Å². The number of rotatable bonds is 6. The van der Waals surface area contributed by atoms with E-state index < -0.39 is 0 Å². The fourth-order valence-electron chi connectivity index (χ4n) is 1.94. The zero-order valence-electron chi connectivity index (χ0n) is 11.7. The van der Waals surface area contributed by atoms with Gasteiger partial charge in [0.15, 0.2) is 0 Å². The van der Waals surface area contributed by atoms with E-state index in [1.54, 1.807) is 6.33 Å². The van der Waals surface area contributed by atoms with Gasteiger partial charge >= 0.3 is 0 Å². The molecule has 0 unspecified atom stereocenters. The SMILES string of the molecule is CC(C)Cn1ncnc1CN[C@@H](C)c1ccncc1. The van der Waals surface area contributed by atoms with Crippen LogP contribution in [0.15, 0.2) is 30.9 Å². The van der Waals surface area contributed by atoms with Gasteiger partial charge in [-0.2, -0.15) is 5.10 Å². The van der Waals surface area contributed by atoms with Crippen LogP contribution in [-0.4, -0.2) is 19.7 Å². The molecular formula is C14H21N5. The van der Waals surface area contributed by atoms with Crippen molar-refractivity contribution in [2.45, 2.75) is 39.9 Å². The number of hydrogen-bond donors (Lipinski definition) is 1. The molecule has 102 valence electrons. The summed E-state index contributed by atoms with van der Waals surface area (Å²) in [4.78, 5) is 8.34. The lowest BCUT2D eigenvalue weighted by Gasteiger charge is -2.14. The van der Waals surface area contributed by atoms with Crippen molar-refractivity contribution in [2.75, 3.05) is 0 Å². The largest absolute Gasteiger partial charge is 0.303 e. The second-order valence-electron chi connectivity index (χ2n) is 5.14. The fourth-order valence-corrected chi connectivity index (χ4v) is 1.94. The number of nitrogens with zero attached hydrogens (tertiary/aromatic N) is 4. The fraction of sp³-hybridized carbons (Fsp3) is 0.500. The third-order valence-electron chi connectivity index (χ3n) is 3.01. The van der Waals surface area contributed by atoms with E-state index in [9.17, 15) is 0 Å². The molecule has 0 aliphatic carbocycles. The Morgan fingerprint density at radius 1 is 1.21 bits per heavy atom. The minimum absolute atomic E-state index is 0.271. The van der Waals surface area contributed by atoms with Gasteiger partial charge in [-0.05, 0) is 30.5 Å². The molecule has 0 spiro atoms. The number of aromatic nitrogens is 4. The Morgan fingerprint density at radius 2 is 1.95 bits per heavy atom. The molecule has 19 heavy (non-hydrogen) atoms. The monoisotopic (exact) mass is 259 g/mol. The zero-order chi connectivity index (χ0) is 13.7. The van der Waals surface area contributed by atoms with Crippen LogP contribution in [0.25, 0.3) is 0 Å². The van der Waals surface area contributed by atoms with Crippen LogP contribution in [0.4, 0.5) is 0 Å². The van der Waals surface area contributed by atoms with E-state index in [0.29, 0.717) is 5.92 Å². The molecule has 0 saturated carbocycles. The Kier molecular flexibility index (Phi) is 4.63. The Hall–Kier alpha value is -1.75. The summed E-state index contributed by atoms with van der Waals surface area (Å²) in [5.74, 6) is 1.55. The van der Waals surface area contributed by atoms with Gasteiger partial charge < -0.3 is 5.32 Å². The summed E-state index contributed by atoms with van der Waals surface area (Å²) in [5, 5.41) is 7.73. The zero-order valence-corrected chi connectivity index (χ0v) is 11.7. The van der Waals surface area contributed by atoms with Crippen LogP contribution in [0.2, 0.25) is 0 Å². The quantitative estimate of drug-likeness (QED) is 0.864. The molecule has 0 saturated heterocycles.